The second kappa shape index (κ2) is 10.6. The smallest absolute Gasteiger partial charge is 0.257 e. The number of hydrogen-bond donors (Lipinski definition) is 3. The summed E-state index contributed by atoms with van der Waals surface area (Å²) in [5, 5.41) is 24.7. The van der Waals surface area contributed by atoms with Gasteiger partial charge in [0.1, 0.15) is 0 Å². The zero-order chi connectivity index (χ0) is 16.3. The van der Waals surface area contributed by atoms with E-state index in [0.717, 1.165) is 5.56 Å². The Bertz CT molecular complexity index is 515. The topological polar surface area (TPSA) is 116 Å². The first-order chi connectivity index (χ1) is 9.92. The summed E-state index contributed by atoms with van der Waals surface area (Å²) in [5.74, 6) is 0.491. The first kappa shape index (κ1) is 18.8. The number of thiocarbonyl (C=S) groups is 2. The van der Waals surface area contributed by atoms with Crippen molar-refractivity contribution >= 4 is 34.8 Å². The average molecular weight is 328 g/mol. The van der Waals surface area contributed by atoms with E-state index in [4.69, 9.17) is 27.3 Å². The predicted molar refractivity (Wildman–Crippen MR) is 86.1 cm³/mol. The van der Waals surface area contributed by atoms with E-state index in [1.807, 2.05) is 12.1 Å². The maximum Gasteiger partial charge on any atom is 0.257 e. The maximum absolute atomic E-state index is 9.35. The Morgan fingerprint density at radius 3 is 2.62 bits per heavy atom. The van der Waals surface area contributed by atoms with Crippen LogP contribution in [0.2, 0.25) is 0 Å². The molecule has 0 aromatic carbocycles. The highest BCUT2D eigenvalue weighted by Crippen LogP contribution is 2.16. The molecule has 1 aromatic rings. The van der Waals surface area contributed by atoms with Crippen molar-refractivity contribution in [3.63, 3.8) is 0 Å². The highest BCUT2D eigenvalue weighted by Gasteiger charge is 2.12. The summed E-state index contributed by atoms with van der Waals surface area (Å²) in [6.07, 6.45) is 1.92. The number of nitrogens with two attached hydrogens (primary N) is 1. The molecule has 21 heavy (non-hydrogen) atoms. The summed E-state index contributed by atoms with van der Waals surface area (Å²) in [5.41, 5.74) is 5.21. The van der Waals surface area contributed by atoms with Crippen LogP contribution in [0.15, 0.2) is 18.3 Å². The van der Waals surface area contributed by atoms with Crippen LogP contribution in [0.4, 0.5) is 0 Å². The van der Waals surface area contributed by atoms with Crippen LogP contribution in [-0.4, -0.2) is 44.1 Å². The summed E-state index contributed by atoms with van der Waals surface area (Å²) in [7, 11) is 1.53. The summed E-state index contributed by atoms with van der Waals surface area (Å²) in [4.78, 5) is 5.58. The van der Waals surface area contributed by atoms with Gasteiger partial charge in [-0.2, -0.15) is 5.26 Å². The molecule has 0 spiro atoms. The number of nitriles is 1. The van der Waals surface area contributed by atoms with Gasteiger partial charge in [-0.05, 0) is 30.5 Å². The molecule has 1 rings (SSSR count). The molecule has 0 atom stereocenters. The van der Waals surface area contributed by atoms with Crippen LogP contribution in [0.1, 0.15) is 12.0 Å². The van der Waals surface area contributed by atoms with Crippen molar-refractivity contribution in [1.82, 2.24) is 9.88 Å². The average Bonchev–Trinajstić information content (AvgIpc) is 2.43. The lowest BCUT2D eigenvalue weighted by Crippen LogP contribution is -2.29. The maximum atomic E-state index is 9.35. The van der Waals surface area contributed by atoms with Crippen molar-refractivity contribution in [2.45, 2.75) is 13.0 Å². The van der Waals surface area contributed by atoms with Gasteiger partial charge in [0, 0.05) is 18.3 Å². The zero-order valence-corrected chi connectivity index (χ0v) is 13.0. The number of aliphatic hydroxyl groups is 2. The van der Waals surface area contributed by atoms with Crippen molar-refractivity contribution in [2.75, 3.05) is 13.7 Å². The third-order valence-electron chi connectivity index (χ3n) is 2.17. The fraction of sp³-hybridized carbons (Fsp3) is 0.333. The molecule has 0 bridgehead atoms. The molecule has 1 heterocycles. The molecule has 0 radical (unpaired) electrons. The van der Waals surface area contributed by atoms with Crippen molar-refractivity contribution in [2.24, 2.45) is 5.73 Å². The number of nitrogens with zero attached hydrogens (tertiary/aromatic N) is 3. The number of aromatic nitrogens is 1. The molecule has 1 aromatic heterocycles. The van der Waals surface area contributed by atoms with E-state index in [-0.39, 0.29) is 5.17 Å². The normalized spacial score (nSPS) is 8.76. The van der Waals surface area contributed by atoms with E-state index in [1.165, 1.54) is 12.0 Å². The van der Waals surface area contributed by atoms with Crippen LogP contribution >= 0.6 is 24.4 Å². The Labute approximate surface area is 133 Å². The molecule has 4 N–H and O–H groups in total. The van der Waals surface area contributed by atoms with Crippen LogP contribution in [0.25, 0.3) is 0 Å². The third-order valence-corrected chi connectivity index (χ3v) is 2.43. The second-order valence-electron chi connectivity index (χ2n) is 3.62. The summed E-state index contributed by atoms with van der Waals surface area (Å²) in [6, 6.07) is 5.62. The first-order valence-electron chi connectivity index (χ1n) is 5.73. The molecule has 114 valence electrons. The van der Waals surface area contributed by atoms with E-state index in [2.05, 4.69) is 22.9 Å². The van der Waals surface area contributed by atoms with Crippen LogP contribution < -0.4 is 10.5 Å². The summed E-state index contributed by atoms with van der Waals surface area (Å²) < 4.78 is 5.10. The van der Waals surface area contributed by atoms with Crippen molar-refractivity contribution < 1.29 is 14.9 Å². The Morgan fingerprint density at radius 2 is 2.14 bits per heavy atom. The number of ether oxygens (including phenoxy) is 1. The minimum atomic E-state index is -0.500. The summed E-state index contributed by atoms with van der Waals surface area (Å²) >= 11 is 8.59. The molecular weight excluding hydrogens is 312 g/mol. The van der Waals surface area contributed by atoms with Crippen molar-refractivity contribution in [3.05, 3.63) is 23.9 Å². The molecule has 7 nitrogen and oxygen atoms in total. The monoisotopic (exact) mass is 328 g/mol. The lowest BCUT2D eigenvalue weighted by molar-refractivity contribution is 0.331. The minimum Gasteiger partial charge on any atom is -0.487 e. The van der Waals surface area contributed by atoms with E-state index < -0.39 is 5.17 Å². The van der Waals surface area contributed by atoms with Gasteiger partial charge in [0.05, 0.1) is 26.1 Å². The quantitative estimate of drug-likeness (QED) is 0.690. The molecule has 0 amide bonds. The largest absolute Gasteiger partial charge is 0.487 e. The highest BCUT2D eigenvalue weighted by atomic mass is 32.1. The molecule has 0 aliphatic rings. The standard InChI is InChI=1S/C11H13N3O2S.CH3NOS/c1-16-10-9(4-2-6-13-10)8-14(11(15)17)7-3-5-12;2-1(3)4/h2,4,6H,3,7-8H2,1H3,(H,15,17);(H3,2,3,4). The second-order valence-corrected chi connectivity index (χ2v) is 4.41. The van der Waals surface area contributed by atoms with Gasteiger partial charge < -0.3 is 25.6 Å². The highest BCUT2D eigenvalue weighted by molar-refractivity contribution is 7.80. The Balaban J connectivity index is 0.000000885. The first-order valence-corrected chi connectivity index (χ1v) is 6.55. The lowest BCUT2D eigenvalue weighted by Gasteiger charge is -2.20. The third kappa shape index (κ3) is 8.56. The van der Waals surface area contributed by atoms with Gasteiger partial charge >= 0.3 is 0 Å². The number of rotatable bonds is 5. The fourth-order valence-corrected chi connectivity index (χ4v) is 1.52. The van der Waals surface area contributed by atoms with Crippen LogP contribution in [-0.2, 0) is 6.54 Å². The minimum absolute atomic E-state index is 0.230. The van der Waals surface area contributed by atoms with Gasteiger partial charge in [0.15, 0.2) is 0 Å². The number of methoxy groups -OCH3 is 1. The molecule has 0 aliphatic heterocycles. The Kier molecular flexibility index (Phi) is 9.49. The number of pyridine rings is 1. The lowest BCUT2D eigenvalue weighted by atomic mass is 10.2. The van der Waals surface area contributed by atoms with Crippen LogP contribution in [0.5, 0.6) is 5.88 Å². The Morgan fingerprint density at radius 1 is 1.52 bits per heavy atom. The predicted octanol–water partition coefficient (Wildman–Crippen LogP) is 1.44. The van der Waals surface area contributed by atoms with Gasteiger partial charge in [0.25, 0.3) is 10.3 Å². The van der Waals surface area contributed by atoms with Crippen molar-refractivity contribution in [1.29, 1.82) is 5.26 Å². The van der Waals surface area contributed by atoms with Gasteiger partial charge in [0.2, 0.25) is 5.88 Å². The molecule has 0 saturated heterocycles. The van der Waals surface area contributed by atoms with Crippen LogP contribution in [0.3, 0.4) is 0 Å². The van der Waals surface area contributed by atoms with E-state index >= 15 is 0 Å². The summed E-state index contributed by atoms with van der Waals surface area (Å²) in [6.45, 7) is 0.748. The molecule has 0 fully saturated rings. The molecule has 9 heteroatoms. The van der Waals surface area contributed by atoms with E-state index in [0.29, 0.717) is 25.4 Å². The van der Waals surface area contributed by atoms with E-state index in [9.17, 15) is 5.11 Å². The Hall–Kier alpha value is -2.18. The fourth-order valence-electron chi connectivity index (χ4n) is 1.36. The van der Waals surface area contributed by atoms with Gasteiger partial charge in [-0.25, -0.2) is 4.98 Å². The van der Waals surface area contributed by atoms with Gasteiger partial charge in [-0.15, -0.1) is 0 Å². The number of hydrogen-bond acceptors (Lipinski definition) is 5. The number of aliphatic hydroxyl groups excluding tert-OH is 2. The zero-order valence-electron chi connectivity index (χ0n) is 11.4. The molecular formula is C12H16N4O3S2. The molecule has 0 saturated carbocycles. The van der Waals surface area contributed by atoms with Gasteiger partial charge in [-0.3, -0.25) is 0 Å². The van der Waals surface area contributed by atoms with Crippen LogP contribution in [0, 0.1) is 11.3 Å². The van der Waals surface area contributed by atoms with Gasteiger partial charge in [-0.1, -0.05) is 6.07 Å². The molecule has 0 unspecified atom stereocenters. The SMILES string of the molecule is COc1ncccc1CN(CCC#N)C(O)=S.NC(O)=S. The van der Waals surface area contributed by atoms with E-state index in [1.54, 1.807) is 12.3 Å². The van der Waals surface area contributed by atoms with Crippen molar-refractivity contribution in [3.8, 4) is 11.9 Å². The molecule has 0 aliphatic carbocycles.